The van der Waals surface area contributed by atoms with Gasteiger partial charge in [0.1, 0.15) is 11.4 Å². The third-order valence-electron chi connectivity index (χ3n) is 9.89. The minimum Gasteiger partial charge on any atom is -0.458 e. The molecule has 0 spiro atoms. The summed E-state index contributed by atoms with van der Waals surface area (Å²) in [5.41, 5.74) is -1.80. The fourth-order valence-corrected chi connectivity index (χ4v) is 9.16. The van der Waals surface area contributed by atoms with Gasteiger partial charge in [-0.3, -0.25) is 14.4 Å². The highest BCUT2D eigenvalue weighted by molar-refractivity contribution is 9.10. The molecule has 0 aromatic carbocycles. The summed E-state index contributed by atoms with van der Waals surface area (Å²) in [6.07, 6.45) is 6.32. The van der Waals surface area contributed by atoms with Crippen molar-refractivity contribution < 1.29 is 24.2 Å². The third-order valence-corrected chi connectivity index (χ3v) is 10.7. The van der Waals surface area contributed by atoms with E-state index in [0.717, 1.165) is 38.5 Å². The van der Waals surface area contributed by atoms with Crippen LogP contribution in [0.3, 0.4) is 0 Å². The molecule has 4 aliphatic rings. The van der Waals surface area contributed by atoms with Crippen LogP contribution in [-0.2, 0) is 19.1 Å². The number of halogens is 1. The molecular weight excluding hydrogens is 448 g/mol. The van der Waals surface area contributed by atoms with Crippen molar-refractivity contribution in [2.75, 3.05) is 6.61 Å². The van der Waals surface area contributed by atoms with E-state index >= 15 is 0 Å². The van der Waals surface area contributed by atoms with Gasteiger partial charge in [0.25, 0.3) is 0 Å². The van der Waals surface area contributed by atoms with Gasteiger partial charge in [-0.05, 0) is 73.5 Å². The molecule has 0 unspecified atom stereocenters. The molecule has 0 aromatic rings. The molecule has 0 bridgehead atoms. The lowest BCUT2D eigenvalue weighted by atomic mass is 9.44. The number of aliphatic hydroxyl groups is 1. The van der Waals surface area contributed by atoms with Gasteiger partial charge in [0.15, 0.2) is 6.61 Å². The Labute approximate surface area is 187 Å². The monoisotopic (exact) mass is 482 g/mol. The Morgan fingerprint density at radius 2 is 1.90 bits per heavy atom. The van der Waals surface area contributed by atoms with E-state index in [4.69, 9.17) is 4.74 Å². The van der Waals surface area contributed by atoms with Gasteiger partial charge in [-0.15, -0.1) is 0 Å². The molecule has 4 saturated carbocycles. The van der Waals surface area contributed by atoms with Crippen LogP contribution in [0.5, 0.6) is 0 Å². The maximum absolute atomic E-state index is 13.1. The van der Waals surface area contributed by atoms with Crippen LogP contribution in [0.4, 0.5) is 0 Å². The normalized spacial score (nSPS) is 50.3. The molecule has 0 saturated heterocycles. The van der Waals surface area contributed by atoms with Crippen molar-refractivity contribution >= 4 is 33.5 Å². The second-order valence-electron chi connectivity index (χ2n) is 11.1. The average Bonchev–Trinajstić information content (AvgIpc) is 2.88. The topological polar surface area (TPSA) is 80.7 Å². The maximum atomic E-state index is 13.1. The Bertz CT molecular complexity index is 767. The highest BCUT2D eigenvalue weighted by atomic mass is 79.9. The quantitative estimate of drug-likeness (QED) is 0.483. The molecule has 0 aromatic heterocycles. The van der Waals surface area contributed by atoms with Gasteiger partial charge in [0.05, 0.1) is 4.83 Å². The predicted molar refractivity (Wildman–Crippen MR) is 116 cm³/mol. The van der Waals surface area contributed by atoms with E-state index in [1.54, 1.807) is 0 Å². The van der Waals surface area contributed by atoms with Crippen LogP contribution in [0.2, 0.25) is 0 Å². The summed E-state index contributed by atoms with van der Waals surface area (Å²) >= 11 is 3.63. The lowest BCUT2D eigenvalue weighted by molar-refractivity contribution is -0.179. The predicted octanol–water partition coefficient (Wildman–Crippen LogP) is 4.08. The van der Waals surface area contributed by atoms with Crippen LogP contribution in [-0.4, -0.2) is 39.7 Å². The minimum atomic E-state index is -1.45. The van der Waals surface area contributed by atoms with Crippen LogP contribution in [0.25, 0.3) is 0 Å². The first-order valence-corrected chi connectivity index (χ1v) is 12.4. The molecule has 4 aliphatic carbocycles. The first-order valence-electron chi connectivity index (χ1n) is 11.5. The van der Waals surface area contributed by atoms with Crippen LogP contribution in [0.1, 0.15) is 72.6 Å². The summed E-state index contributed by atoms with van der Waals surface area (Å²) in [4.78, 5) is 36.6. The number of fused-ring (bicyclic) bond motifs is 5. The van der Waals surface area contributed by atoms with Crippen molar-refractivity contribution in [1.82, 2.24) is 0 Å². The fraction of sp³-hybridized carbons (Fsp3) is 0.875. The number of ether oxygens (including phenoxy) is 1. The highest BCUT2D eigenvalue weighted by Gasteiger charge is 2.69. The Hall–Kier alpha value is -0.750. The summed E-state index contributed by atoms with van der Waals surface area (Å²) in [5.74, 6) is 1.07. The average molecular weight is 483 g/mol. The van der Waals surface area contributed by atoms with Crippen molar-refractivity contribution in [1.29, 1.82) is 0 Å². The second kappa shape index (κ2) is 7.40. The number of carbonyl (C=O) groups is 3. The standard InChI is InChI=1S/C24H35BrO5/c1-13-9-18-16-6-5-15-10-20(27)19(25)11-22(15,3)17(16)7-8-23(18,4)24(13,29)21(28)12-30-14(2)26/h13,15-19,29H,5-12H2,1-4H3/t13-,15+,16-,17+,18+,19-,22+,23+,24+/m1/s1. The summed E-state index contributed by atoms with van der Waals surface area (Å²) in [6, 6.07) is 0. The molecule has 0 radical (unpaired) electrons. The summed E-state index contributed by atoms with van der Waals surface area (Å²) in [7, 11) is 0. The Kier molecular flexibility index (Phi) is 5.53. The third kappa shape index (κ3) is 2.99. The van der Waals surface area contributed by atoms with Gasteiger partial charge in [0.2, 0.25) is 5.78 Å². The largest absolute Gasteiger partial charge is 0.458 e. The van der Waals surface area contributed by atoms with E-state index in [-0.39, 0.29) is 34.5 Å². The van der Waals surface area contributed by atoms with Gasteiger partial charge in [-0.2, -0.15) is 0 Å². The Morgan fingerprint density at radius 3 is 2.57 bits per heavy atom. The second-order valence-corrected chi connectivity index (χ2v) is 12.2. The SMILES string of the molecule is CC(=O)OCC(=O)[C@@]1(O)[C@H](C)C[C@H]2[C@@H]3CC[C@H]4CC(=O)[C@H](Br)C[C@]4(C)[C@H]3CC[C@@]21C. The van der Waals surface area contributed by atoms with E-state index in [1.807, 2.05) is 6.92 Å². The van der Waals surface area contributed by atoms with Crippen LogP contribution in [0, 0.1) is 40.4 Å². The van der Waals surface area contributed by atoms with Crippen LogP contribution < -0.4 is 0 Å². The molecule has 4 rings (SSSR count). The number of hydrogen-bond acceptors (Lipinski definition) is 5. The number of rotatable bonds is 3. The van der Waals surface area contributed by atoms with Crippen molar-refractivity contribution in [2.45, 2.75) is 83.1 Å². The number of Topliss-reactive ketones (excluding diaryl/α,β-unsaturated/α-hetero) is 2. The molecule has 9 atom stereocenters. The number of esters is 1. The molecule has 30 heavy (non-hydrogen) atoms. The lowest BCUT2D eigenvalue weighted by Crippen LogP contribution is -2.61. The zero-order chi connectivity index (χ0) is 22.1. The molecule has 6 heteroatoms. The van der Waals surface area contributed by atoms with Crippen LogP contribution >= 0.6 is 15.9 Å². The molecule has 5 nitrogen and oxygen atoms in total. The number of hydrogen-bond donors (Lipinski definition) is 1. The zero-order valence-corrected chi connectivity index (χ0v) is 20.2. The Balaban J connectivity index is 1.62. The molecule has 1 N–H and O–H groups in total. The van der Waals surface area contributed by atoms with Crippen molar-refractivity contribution in [3.8, 4) is 0 Å². The van der Waals surface area contributed by atoms with Gasteiger partial charge in [-0.25, -0.2) is 0 Å². The Morgan fingerprint density at radius 1 is 1.20 bits per heavy atom. The minimum absolute atomic E-state index is 0.0458. The van der Waals surface area contributed by atoms with Gasteiger partial charge < -0.3 is 9.84 Å². The maximum Gasteiger partial charge on any atom is 0.303 e. The van der Waals surface area contributed by atoms with E-state index < -0.39 is 17.0 Å². The molecule has 0 aliphatic heterocycles. The van der Waals surface area contributed by atoms with E-state index in [0.29, 0.717) is 30.0 Å². The number of carbonyl (C=O) groups excluding carboxylic acids is 3. The molecule has 4 fully saturated rings. The number of alkyl halides is 1. The lowest BCUT2D eigenvalue weighted by Gasteiger charge is -2.61. The first kappa shape index (κ1) is 22.4. The summed E-state index contributed by atoms with van der Waals surface area (Å²) in [5, 5.41) is 11.8. The van der Waals surface area contributed by atoms with Crippen molar-refractivity contribution in [2.24, 2.45) is 40.4 Å². The smallest absolute Gasteiger partial charge is 0.303 e. The highest BCUT2D eigenvalue weighted by Crippen LogP contribution is 2.69. The molecular formula is C24H35BrO5. The van der Waals surface area contributed by atoms with Gasteiger partial charge >= 0.3 is 5.97 Å². The summed E-state index contributed by atoms with van der Waals surface area (Å²) < 4.78 is 4.98. The zero-order valence-electron chi connectivity index (χ0n) is 18.6. The van der Waals surface area contributed by atoms with Crippen LogP contribution in [0.15, 0.2) is 0 Å². The van der Waals surface area contributed by atoms with Gasteiger partial charge in [0, 0.05) is 18.8 Å². The van der Waals surface area contributed by atoms with Crippen molar-refractivity contribution in [3.63, 3.8) is 0 Å². The first-order chi connectivity index (χ1) is 13.9. The number of ketones is 2. The molecule has 0 heterocycles. The van der Waals surface area contributed by atoms with E-state index in [1.165, 1.54) is 6.92 Å². The fourth-order valence-electron chi connectivity index (χ4n) is 8.27. The van der Waals surface area contributed by atoms with Gasteiger partial charge in [-0.1, -0.05) is 36.7 Å². The summed E-state index contributed by atoms with van der Waals surface area (Å²) in [6.45, 7) is 7.39. The molecule has 168 valence electrons. The van der Waals surface area contributed by atoms with Crippen molar-refractivity contribution in [3.05, 3.63) is 0 Å². The molecule has 0 amide bonds. The van der Waals surface area contributed by atoms with E-state index in [9.17, 15) is 19.5 Å². The van der Waals surface area contributed by atoms with E-state index in [2.05, 4.69) is 29.8 Å².